The van der Waals surface area contributed by atoms with E-state index < -0.39 is 82.2 Å². The first-order valence-corrected chi connectivity index (χ1v) is 13.2. The average Bonchev–Trinajstić information content (AvgIpc) is 2.80. The third kappa shape index (κ3) is 4.92. The van der Waals surface area contributed by atoms with E-state index in [9.17, 15) is 29.4 Å². The van der Waals surface area contributed by atoms with Crippen molar-refractivity contribution < 1.29 is 48.3 Å². The molecule has 3 rings (SSSR count). The van der Waals surface area contributed by atoms with Crippen LogP contribution in [0.5, 0.6) is 0 Å². The molecule has 220 valence electrons. The van der Waals surface area contributed by atoms with E-state index in [1.807, 2.05) is 13.8 Å². The van der Waals surface area contributed by atoms with Gasteiger partial charge in [-0.1, -0.05) is 26.8 Å². The Morgan fingerprint density at radius 2 is 1.74 bits per heavy atom. The summed E-state index contributed by atoms with van der Waals surface area (Å²) in [6, 6.07) is 0. The highest BCUT2D eigenvalue weighted by Gasteiger charge is 2.82. The highest BCUT2D eigenvalue weighted by molar-refractivity contribution is 5.92. The summed E-state index contributed by atoms with van der Waals surface area (Å²) in [6.07, 6.45) is -1.96. The lowest BCUT2D eigenvalue weighted by atomic mass is 9.39. The lowest BCUT2D eigenvalue weighted by Gasteiger charge is -2.71. The number of Topliss-reactive ketones (excluding diaryl/α,β-unsaturated/α-hetero) is 1. The van der Waals surface area contributed by atoms with Crippen molar-refractivity contribution in [1.82, 2.24) is 4.90 Å². The lowest BCUT2D eigenvalue weighted by Crippen LogP contribution is -2.87. The van der Waals surface area contributed by atoms with Gasteiger partial charge in [0, 0.05) is 24.7 Å². The van der Waals surface area contributed by atoms with Gasteiger partial charge in [-0.2, -0.15) is 0 Å². The number of aliphatic hydroxyl groups excluding tert-OH is 1. The Morgan fingerprint density at radius 1 is 1.13 bits per heavy atom. The maximum absolute atomic E-state index is 14.0. The van der Waals surface area contributed by atoms with Crippen molar-refractivity contribution in [2.45, 2.75) is 95.9 Å². The molecule has 2 aliphatic carbocycles. The van der Waals surface area contributed by atoms with Gasteiger partial charge in [0.15, 0.2) is 24.1 Å². The first kappa shape index (κ1) is 31.2. The first-order valence-electron chi connectivity index (χ1n) is 13.2. The monoisotopic (exact) mass is 553 g/mol. The molecule has 2 N–H and O–H groups in total. The Bertz CT molecular complexity index is 1040. The summed E-state index contributed by atoms with van der Waals surface area (Å²) < 4.78 is 23.2. The molecule has 0 unspecified atom stereocenters. The third-order valence-electron chi connectivity index (χ3n) is 9.06. The number of nitrogens with zero attached hydrogens (tertiary/aromatic N) is 1. The predicted molar refractivity (Wildman–Crippen MR) is 138 cm³/mol. The summed E-state index contributed by atoms with van der Waals surface area (Å²) in [5.41, 5.74) is -7.80. The Hall–Kier alpha value is -2.34. The molecule has 2 saturated carbocycles. The number of carbonyl (C=O) groups is 4. The largest absolute Gasteiger partial charge is 0.455 e. The van der Waals surface area contributed by atoms with Crippen LogP contribution in [0, 0.1) is 16.7 Å². The SMILES string of the molecule is C=C[C@@]1(C)CC(=O)[C@]2(O)[C@@]3(C)[C@@H](O)CCC(C)(C)[C@@H]3[C@H](OC(=O)COC(=O)CN(C)C)[C@H](OC(C)=O)[C@@]2(C)O1. The first-order chi connectivity index (χ1) is 17.8. The van der Waals surface area contributed by atoms with Crippen LogP contribution < -0.4 is 0 Å². The minimum Gasteiger partial charge on any atom is -0.455 e. The van der Waals surface area contributed by atoms with E-state index in [1.54, 1.807) is 32.8 Å². The van der Waals surface area contributed by atoms with Crippen LogP contribution in [0.15, 0.2) is 12.7 Å². The van der Waals surface area contributed by atoms with Crippen LogP contribution in [0.2, 0.25) is 0 Å². The van der Waals surface area contributed by atoms with Gasteiger partial charge in [-0.05, 0) is 46.2 Å². The molecular weight excluding hydrogens is 510 g/mol. The molecule has 0 aromatic rings. The second-order valence-electron chi connectivity index (χ2n) is 12.7. The molecule has 0 amide bonds. The van der Waals surface area contributed by atoms with E-state index in [4.69, 9.17) is 18.9 Å². The Kier molecular flexibility index (Phi) is 8.19. The minimum absolute atomic E-state index is 0.0477. The smallest absolute Gasteiger partial charge is 0.344 e. The number of likely N-dealkylation sites (N-methyl/N-ethyl adjacent to an activating group) is 1. The molecule has 3 fully saturated rings. The molecule has 1 saturated heterocycles. The summed E-state index contributed by atoms with van der Waals surface area (Å²) in [4.78, 5) is 53.1. The van der Waals surface area contributed by atoms with Crippen LogP contribution in [-0.2, 0) is 38.1 Å². The molecule has 11 nitrogen and oxygen atoms in total. The van der Waals surface area contributed by atoms with Crippen LogP contribution in [-0.4, -0.2) is 101 Å². The third-order valence-corrected chi connectivity index (χ3v) is 9.06. The summed E-state index contributed by atoms with van der Waals surface area (Å²) in [5.74, 6) is -3.76. The second kappa shape index (κ2) is 10.2. The van der Waals surface area contributed by atoms with E-state index in [0.717, 1.165) is 6.92 Å². The predicted octanol–water partition coefficient (Wildman–Crippen LogP) is 1.18. The summed E-state index contributed by atoms with van der Waals surface area (Å²) >= 11 is 0. The lowest BCUT2D eigenvalue weighted by molar-refractivity contribution is -0.371. The Balaban J connectivity index is 2.19. The van der Waals surface area contributed by atoms with E-state index in [2.05, 4.69) is 6.58 Å². The fourth-order valence-electron chi connectivity index (χ4n) is 7.37. The van der Waals surface area contributed by atoms with Crippen molar-refractivity contribution >= 4 is 23.7 Å². The Morgan fingerprint density at radius 3 is 2.28 bits per heavy atom. The topological polar surface area (TPSA) is 149 Å². The van der Waals surface area contributed by atoms with Gasteiger partial charge >= 0.3 is 17.9 Å². The minimum atomic E-state index is -2.33. The average molecular weight is 554 g/mol. The molecule has 1 heterocycles. The quantitative estimate of drug-likeness (QED) is 0.266. The fraction of sp³-hybridized carbons (Fsp3) is 0.786. The van der Waals surface area contributed by atoms with Gasteiger partial charge in [0.05, 0.1) is 18.2 Å². The van der Waals surface area contributed by atoms with E-state index in [0.29, 0.717) is 6.42 Å². The summed E-state index contributed by atoms with van der Waals surface area (Å²) in [6.45, 7) is 12.6. The van der Waals surface area contributed by atoms with Gasteiger partial charge in [0.2, 0.25) is 0 Å². The van der Waals surface area contributed by atoms with Gasteiger partial charge < -0.3 is 29.2 Å². The zero-order valence-electron chi connectivity index (χ0n) is 24.2. The van der Waals surface area contributed by atoms with Gasteiger partial charge in [-0.3, -0.25) is 19.3 Å². The van der Waals surface area contributed by atoms with Crippen molar-refractivity contribution in [2.75, 3.05) is 27.2 Å². The number of ketones is 1. The number of rotatable bonds is 7. The van der Waals surface area contributed by atoms with Crippen molar-refractivity contribution in [1.29, 1.82) is 0 Å². The number of fused-ring (bicyclic) bond motifs is 3. The number of aliphatic hydroxyl groups is 2. The van der Waals surface area contributed by atoms with E-state index in [1.165, 1.54) is 13.0 Å². The van der Waals surface area contributed by atoms with Gasteiger partial charge in [-0.15, -0.1) is 6.58 Å². The van der Waals surface area contributed by atoms with Gasteiger partial charge in [-0.25, -0.2) is 4.79 Å². The van der Waals surface area contributed by atoms with Gasteiger partial charge in [0.25, 0.3) is 0 Å². The number of ether oxygens (including phenoxy) is 4. The number of hydrogen-bond donors (Lipinski definition) is 2. The second-order valence-corrected chi connectivity index (χ2v) is 12.7. The highest BCUT2D eigenvalue weighted by atomic mass is 16.6. The van der Waals surface area contributed by atoms with Crippen LogP contribution in [0.1, 0.15) is 60.8 Å². The van der Waals surface area contributed by atoms with Crippen LogP contribution in [0.3, 0.4) is 0 Å². The molecule has 8 atom stereocenters. The van der Waals surface area contributed by atoms with Crippen LogP contribution in [0.4, 0.5) is 0 Å². The standard InChI is InChI=1S/C28H43NO10/c1-10-25(5)13-18(32)28(35)26(6)17(31)11-12-24(3,4)22(26)21(23(37-16(2)30)27(28,7)39-25)38-20(34)15-36-19(33)14-29(8)9/h10,17,21-23,31,35H,1,11-15H2,2-9H3/t17-,21-,22-,23-,25-,26-,27+,28-/m0/s1. The molecule has 0 spiro atoms. The van der Waals surface area contributed by atoms with Crippen LogP contribution >= 0.6 is 0 Å². The number of esters is 3. The van der Waals surface area contributed by atoms with Crippen LogP contribution in [0.25, 0.3) is 0 Å². The Labute approximate surface area is 229 Å². The maximum atomic E-state index is 14.0. The molecule has 3 aliphatic rings. The molecule has 0 aromatic heterocycles. The summed E-state index contributed by atoms with van der Waals surface area (Å²) in [5, 5.41) is 24.0. The number of hydrogen-bond acceptors (Lipinski definition) is 11. The zero-order chi connectivity index (χ0) is 29.8. The molecular formula is C28H43NO10. The number of carbonyl (C=O) groups excluding carboxylic acids is 4. The van der Waals surface area contributed by atoms with E-state index in [-0.39, 0.29) is 19.4 Å². The van der Waals surface area contributed by atoms with Crippen molar-refractivity contribution in [3.8, 4) is 0 Å². The van der Waals surface area contributed by atoms with Crippen molar-refractivity contribution in [2.24, 2.45) is 16.7 Å². The molecule has 0 bridgehead atoms. The van der Waals surface area contributed by atoms with Crippen molar-refractivity contribution in [3.05, 3.63) is 12.7 Å². The highest BCUT2D eigenvalue weighted by Crippen LogP contribution is 2.67. The molecule has 1 aliphatic heterocycles. The molecule has 11 heteroatoms. The fourth-order valence-corrected chi connectivity index (χ4v) is 7.37. The zero-order valence-corrected chi connectivity index (χ0v) is 24.2. The van der Waals surface area contributed by atoms with Crippen molar-refractivity contribution in [3.63, 3.8) is 0 Å². The van der Waals surface area contributed by atoms with Gasteiger partial charge in [0.1, 0.15) is 11.7 Å². The molecule has 39 heavy (non-hydrogen) atoms. The summed E-state index contributed by atoms with van der Waals surface area (Å²) in [7, 11) is 3.35. The van der Waals surface area contributed by atoms with E-state index >= 15 is 0 Å². The molecule has 0 aromatic carbocycles. The molecule has 0 radical (unpaired) electrons. The maximum Gasteiger partial charge on any atom is 0.344 e. The normalized spacial score (nSPS) is 41.2.